The van der Waals surface area contributed by atoms with Gasteiger partial charge in [0.15, 0.2) is 0 Å². The maximum atomic E-state index is 8.75. The summed E-state index contributed by atoms with van der Waals surface area (Å²) in [5.41, 5.74) is 2.51. The Labute approximate surface area is 87.9 Å². The number of nitrogens with zero attached hydrogens (tertiary/aromatic N) is 2. The Bertz CT molecular complexity index is 507. The quantitative estimate of drug-likeness (QED) is 0.782. The van der Waals surface area contributed by atoms with Crippen molar-refractivity contribution >= 4 is 11.0 Å². The Morgan fingerprint density at radius 2 is 2.40 bits per heavy atom. The molecule has 0 radical (unpaired) electrons. The number of benzene rings is 1. The fraction of sp³-hybridized carbons (Fsp3) is 0.273. The lowest BCUT2D eigenvalue weighted by atomic mass is 10.2. The van der Waals surface area contributed by atoms with Gasteiger partial charge in [0, 0.05) is 13.0 Å². The van der Waals surface area contributed by atoms with Crippen molar-refractivity contribution in [3.63, 3.8) is 0 Å². The second-order valence-electron chi connectivity index (χ2n) is 3.38. The molecular weight excluding hydrogens is 188 g/mol. The van der Waals surface area contributed by atoms with Crippen LogP contribution in [-0.4, -0.2) is 23.6 Å². The van der Waals surface area contributed by atoms with Crippen molar-refractivity contribution in [3.8, 4) is 6.07 Å². The zero-order valence-corrected chi connectivity index (χ0v) is 8.54. The Morgan fingerprint density at radius 1 is 1.53 bits per heavy atom. The monoisotopic (exact) mass is 200 g/mol. The predicted octanol–water partition coefficient (Wildman–Crippen LogP) is 1.20. The average Bonchev–Trinajstić information content (AvgIpc) is 2.67. The fourth-order valence-electron chi connectivity index (χ4n) is 1.49. The van der Waals surface area contributed by atoms with Gasteiger partial charge in [-0.05, 0) is 25.2 Å². The number of fused-ring (bicyclic) bond motifs is 1. The van der Waals surface area contributed by atoms with Gasteiger partial charge in [0.1, 0.15) is 5.82 Å². The van der Waals surface area contributed by atoms with E-state index in [4.69, 9.17) is 5.26 Å². The largest absolute Gasteiger partial charge is 0.342 e. The number of hydrogen-bond donors (Lipinski definition) is 2. The smallest absolute Gasteiger partial charge is 0.108 e. The summed E-state index contributed by atoms with van der Waals surface area (Å²) in [6, 6.07) is 7.59. The van der Waals surface area contributed by atoms with E-state index in [1.54, 1.807) is 6.07 Å². The van der Waals surface area contributed by atoms with Crippen LogP contribution >= 0.6 is 0 Å². The Kier molecular flexibility index (Phi) is 2.66. The minimum absolute atomic E-state index is 0.659. The van der Waals surface area contributed by atoms with E-state index >= 15 is 0 Å². The Morgan fingerprint density at radius 3 is 3.13 bits per heavy atom. The van der Waals surface area contributed by atoms with E-state index in [1.165, 1.54) is 0 Å². The van der Waals surface area contributed by atoms with E-state index in [1.807, 2.05) is 19.2 Å². The van der Waals surface area contributed by atoms with Crippen LogP contribution in [0.15, 0.2) is 18.2 Å². The van der Waals surface area contributed by atoms with Gasteiger partial charge in [0.25, 0.3) is 0 Å². The lowest BCUT2D eigenvalue weighted by Gasteiger charge is -1.93. The average molecular weight is 200 g/mol. The highest BCUT2D eigenvalue weighted by molar-refractivity contribution is 5.76. The molecule has 0 spiro atoms. The zero-order chi connectivity index (χ0) is 10.7. The summed E-state index contributed by atoms with van der Waals surface area (Å²) in [4.78, 5) is 7.62. The molecule has 2 aromatic rings. The van der Waals surface area contributed by atoms with Gasteiger partial charge in [-0.15, -0.1) is 0 Å². The molecule has 4 nitrogen and oxygen atoms in total. The number of rotatable bonds is 3. The number of H-pyrrole nitrogens is 1. The highest BCUT2D eigenvalue weighted by Gasteiger charge is 2.02. The van der Waals surface area contributed by atoms with Crippen molar-refractivity contribution in [2.45, 2.75) is 6.42 Å². The summed E-state index contributed by atoms with van der Waals surface area (Å²) in [6.45, 7) is 0.894. The first-order chi connectivity index (χ1) is 7.33. The molecule has 2 rings (SSSR count). The number of nitrogens with one attached hydrogen (secondary N) is 2. The highest BCUT2D eigenvalue weighted by atomic mass is 14.9. The molecule has 0 saturated heterocycles. The molecule has 0 aliphatic carbocycles. The number of imidazole rings is 1. The molecule has 0 bridgehead atoms. The van der Waals surface area contributed by atoms with Gasteiger partial charge < -0.3 is 10.3 Å². The molecule has 1 aromatic heterocycles. The van der Waals surface area contributed by atoms with Gasteiger partial charge in [0.2, 0.25) is 0 Å². The molecule has 1 heterocycles. The first-order valence-electron chi connectivity index (χ1n) is 4.87. The summed E-state index contributed by atoms with van der Waals surface area (Å²) in [5.74, 6) is 0.953. The Hall–Kier alpha value is -1.86. The van der Waals surface area contributed by atoms with Crippen LogP contribution in [0.5, 0.6) is 0 Å². The molecule has 0 amide bonds. The van der Waals surface area contributed by atoms with Crippen LogP contribution in [0, 0.1) is 11.3 Å². The van der Waals surface area contributed by atoms with Gasteiger partial charge in [-0.25, -0.2) is 4.98 Å². The summed E-state index contributed by atoms with van der Waals surface area (Å²) < 4.78 is 0. The molecule has 0 unspecified atom stereocenters. The van der Waals surface area contributed by atoms with E-state index in [0.29, 0.717) is 5.56 Å². The SMILES string of the molecule is CNCCc1nc2ccc(C#N)cc2[nH]1. The number of aromatic nitrogens is 2. The van der Waals surface area contributed by atoms with Crippen molar-refractivity contribution in [2.24, 2.45) is 0 Å². The van der Waals surface area contributed by atoms with Crippen LogP contribution in [0.25, 0.3) is 11.0 Å². The molecule has 0 atom stereocenters. The number of hydrogen-bond acceptors (Lipinski definition) is 3. The van der Waals surface area contributed by atoms with Gasteiger partial charge in [-0.2, -0.15) is 5.26 Å². The zero-order valence-electron chi connectivity index (χ0n) is 8.54. The van der Waals surface area contributed by atoms with Crippen LogP contribution in [-0.2, 0) is 6.42 Å². The van der Waals surface area contributed by atoms with Gasteiger partial charge in [-0.3, -0.25) is 0 Å². The normalized spacial score (nSPS) is 10.4. The van der Waals surface area contributed by atoms with Crippen molar-refractivity contribution in [1.82, 2.24) is 15.3 Å². The summed E-state index contributed by atoms with van der Waals surface area (Å²) in [7, 11) is 1.91. The van der Waals surface area contributed by atoms with Crippen LogP contribution in [0.2, 0.25) is 0 Å². The third-order valence-electron chi connectivity index (χ3n) is 2.27. The van der Waals surface area contributed by atoms with Crippen molar-refractivity contribution in [2.75, 3.05) is 13.6 Å². The molecule has 2 N–H and O–H groups in total. The molecular formula is C11H12N4. The number of nitriles is 1. The summed E-state index contributed by atoms with van der Waals surface area (Å²) in [5, 5.41) is 11.8. The topological polar surface area (TPSA) is 64.5 Å². The van der Waals surface area contributed by atoms with Crippen molar-refractivity contribution in [3.05, 3.63) is 29.6 Å². The maximum Gasteiger partial charge on any atom is 0.108 e. The van der Waals surface area contributed by atoms with Crippen LogP contribution in [0.3, 0.4) is 0 Å². The number of aromatic amines is 1. The maximum absolute atomic E-state index is 8.75. The molecule has 0 fully saturated rings. The molecule has 4 heteroatoms. The van der Waals surface area contributed by atoms with E-state index < -0.39 is 0 Å². The second-order valence-corrected chi connectivity index (χ2v) is 3.38. The first-order valence-corrected chi connectivity index (χ1v) is 4.87. The Balaban J connectivity index is 2.34. The predicted molar refractivity (Wildman–Crippen MR) is 58.4 cm³/mol. The minimum atomic E-state index is 0.659. The lowest BCUT2D eigenvalue weighted by Crippen LogP contribution is -2.10. The summed E-state index contributed by atoms with van der Waals surface area (Å²) in [6.07, 6.45) is 0.868. The van der Waals surface area contributed by atoms with Crippen LogP contribution in [0.4, 0.5) is 0 Å². The van der Waals surface area contributed by atoms with E-state index in [9.17, 15) is 0 Å². The molecule has 1 aromatic carbocycles. The van der Waals surface area contributed by atoms with Crippen molar-refractivity contribution < 1.29 is 0 Å². The number of likely N-dealkylation sites (N-methyl/N-ethyl adjacent to an activating group) is 1. The molecule has 0 aliphatic heterocycles. The molecule has 0 saturated carbocycles. The fourth-order valence-corrected chi connectivity index (χ4v) is 1.49. The standard InChI is InChI=1S/C11H12N4/c1-13-5-4-11-14-9-3-2-8(7-12)6-10(9)15-11/h2-3,6,13H,4-5H2,1H3,(H,14,15). The second kappa shape index (κ2) is 4.11. The first kappa shape index (κ1) is 9.69. The highest BCUT2D eigenvalue weighted by Crippen LogP contribution is 2.13. The molecule has 0 aliphatic rings. The van der Waals surface area contributed by atoms with Crippen LogP contribution in [0.1, 0.15) is 11.4 Å². The van der Waals surface area contributed by atoms with E-state index in [-0.39, 0.29) is 0 Å². The third kappa shape index (κ3) is 1.97. The van der Waals surface area contributed by atoms with Crippen molar-refractivity contribution in [1.29, 1.82) is 5.26 Å². The van der Waals surface area contributed by atoms with E-state index in [2.05, 4.69) is 21.4 Å². The van der Waals surface area contributed by atoms with Gasteiger partial charge in [-0.1, -0.05) is 0 Å². The minimum Gasteiger partial charge on any atom is -0.342 e. The van der Waals surface area contributed by atoms with E-state index in [0.717, 1.165) is 29.8 Å². The molecule has 15 heavy (non-hydrogen) atoms. The lowest BCUT2D eigenvalue weighted by molar-refractivity contribution is 0.766. The van der Waals surface area contributed by atoms with Gasteiger partial charge in [0.05, 0.1) is 22.7 Å². The molecule has 76 valence electrons. The van der Waals surface area contributed by atoms with Crippen LogP contribution < -0.4 is 5.32 Å². The summed E-state index contributed by atoms with van der Waals surface area (Å²) >= 11 is 0. The van der Waals surface area contributed by atoms with Gasteiger partial charge >= 0.3 is 0 Å². The third-order valence-corrected chi connectivity index (χ3v) is 2.27.